The molecule has 0 saturated heterocycles. The number of halogens is 1. The molecule has 0 fully saturated rings. The molecule has 1 amide bonds. The maximum Gasteiger partial charge on any atom is 0.248 e. The predicted octanol–water partition coefficient (Wildman–Crippen LogP) is 5.87. The van der Waals surface area contributed by atoms with Crippen molar-refractivity contribution in [3.05, 3.63) is 96.5 Å². The third-order valence-electron chi connectivity index (χ3n) is 5.18. The number of furan rings is 1. The summed E-state index contributed by atoms with van der Waals surface area (Å²) in [5.41, 5.74) is 3.50. The van der Waals surface area contributed by atoms with Gasteiger partial charge >= 0.3 is 0 Å². The van der Waals surface area contributed by atoms with Crippen LogP contribution < -0.4 is 10.1 Å². The summed E-state index contributed by atoms with van der Waals surface area (Å²) in [7, 11) is 0. The first kappa shape index (κ1) is 22.1. The van der Waals surface area contributed by atoms with Crippen molar-refractivity contribution in [2.45, 2.75) is 6.92 Å². The average Bonchev–Trinajstić information content (AvgIpc) is 3.51. The van der Waals surface area contributed by atoms with Crippen molar-refractivity contribution in [1.29, 1.82) is 0 Å². The smallest absolute Gasteiger partial charge is 0.248 e. The summed E-state index contributed by atoms with van der Waals surface area (Å²) >= 11 is 0. The molecule has 0 unspecified atom stereocenters. The summed E-state index contributed by atoms with van der Waals surface area (Å²) in [5, 5.41) is 11.8. The molecular formula is C27H21FN4O3. The highest BCUT2D eigenvalue weighted by molar-refractivity contribution is 6.02. The van der Waals surface area contributed by atoms with E-state index in [0.717, 1.165) is 17.0 Å². The molecule has 0 aliphatic heterocycles. The molecule has 2 heterocycles. The Balaban J connectivity index is 1.26. The number of aromatic nitrogens is 3. The van der Waals surface area contributed by atoms with Gasteiger partial charge in [-0.05, 0) is 91.9 Å². The van der Waals surface area contributed by atoms with E-state index in [4.69, 9.17) is 9.15 Å². The van der Waals surface area contributed by atoms with Crippen LogP contribution in [-0.2, 0) is 4.79 Å². The quantitative estimate of drug-likeness (QED) is 0.302. The topological polar surface area (TPSA) is 82.2 Å². The summed E-state index contributed by atoms with van der Waals surface area (Å²) < 4.78 is 24.3. The van der Waals surface area contributed by atoms with Crippen LogP contribution in [-0.4, -0.2) is 27.5 Å². The van der Waals surface area contributed by atoms with E-state index in [1.54, 1.807) is 53.3 Å². The minimum Gasteiger partial charge on any atom is -0.494 e. The van der Waals surface area contributed by atoms with Crippen molar-refractivity contribution in [3.63, 3.8) is 0 Å². The molecule has 2 aromatic heterocycles. The van der Waals surface area contributed by atoms with Gasteiger partial charge in [0.1, 0.15) is 34.1 Å². The Labute approximate surface area is 200 Å². The lowest BCUT2D eigenvalue weighted by Crippen LogP contribution is -2.07. The van der Waals surface area contributed by atoms with Crippen molar-refractivity contribution in [3.8, 4) is 22.8 Å². The van der Waals surface area contributed by atoms with E-state index in [1.807, 2.05) is 31.2 Å². The highest BCUT2D eigenvalue weighted by Gasteiger charge is 2.08. The Morgan fingerprint density at radius 3 is 2.54 bits per heavy atom. The number of nitrogens with one attached hydrogen (secondary N) is 1. The molecule has 0 saturated carbocycles. The molecule has 0 bridgehead atoms. The van der Waals surface area contributed by atoms with Crippen LogP contribution in [0.25, 0.3) is 34.1 Å². The number of amides is 1. The van der Waals surface area contributed by atoms with Crippen LogP contribution in [0.1, 0.15) is 12.7 Å². The molecule has 0 spiro atoms. The first-order chi connectivity index (χ1) is 17.1. The van der Waals surface area contributed by atoms with Crippen LogP contribution in [0.5, 0.6) is 5.75 Å². The maximum absolute atomic E-state index is 13.1. The number of carbonyl (C=O) groups is 1. The zero-order valence-electron chi connectivity index (χ0n) is 18.8. The van der Waals surface area contributed by atoms with E-state index in [-0.39, 0.29) is 11.7 Å². The molecule has 174 valence electrons. The fourth-order valence-corrected chi connectivity index (χ4v) is 3.50. The van der Waals surface area contributed by atoms with Crippen molar-refractivity contribution >= 4 is 28.7 Å². The fourth-order valence-electron chi connectivity index (χ4n) is 3.50. The molecule has 0 radical (unpaired) electrons. The van der Waals surface area contributed by atoms with E-state index in [0.29, 0.717) is 34.8 Å². The van der Waals surface area contributed by atoms with Gasteiger partial charge < -0.3 is 14.5 Å². The number of fused-ring (bicyclic) bond motifs is 1. The predicted molar refractivity (Wildman–Crippen MR) is 132 cm³/mol. The molecule has 5 aromatic rings. The van der Waals surface area contributed by atoms with E-state index in [2.05, 4.69) is 15.5 Å². The Morgan fingerprint density at radius 1 is 1.00 bits per heavy atom. The normalized spacial score (nSPS) is 11.3. The molecular weight excluding hydrogens is 447 g/mol. The molecule has 0 aliphatic rings. The van der Waals surface area contributed by atoms with E-state index < -0.39 is 0 Å². The Bertz CT molecular complexity index is 1500. The summed E-state index contributed by atoms with van der Waals surface area (Å²) in [6.07, 6.45) is 2.96. The second kappa shape index (κ2) is 9.64. The Kier molecular flexibility index (Phi) is 6.09. The molecule has 0 aliphatic carbocycles. The van der Waals surface area contributed by atoms with Crippen LogP contribution in [0.3, 0.4) is 0 Å². The number of ether oxygens (including phenoxy) is 1. The van der Waals surface area contributed by atoms with Gasteiger partial charge in [-0.2, -0.15) is 4.80 Å². The second-order valence-corrected chi connectivity index (χ2v) is 7.65. The average molecular weight is 468 g/mol. The van der Waals surface area contributed by atoms with Crippen LogP contribution in [0.15, 0.2) is 89.4 Å². The van der Waals surface area contributed by atoms with Crippen molar-refractivity contribution < 1.29 is 18.3 Å². The molecule has 3 aromatic carbocycles. The van der Waals surface area contributed by atoms with Crippen LogP contribution in [0.2, 0.25) is 0 Å². The summed E-state index contributed by atoms with van der Waals surface area (Å²) in [6.45, 7) is 2.54. The van der Waals surface area contributed by atoms with Gasteiger partial charge in [-0.1, -0.05) is 0 Å². The van der Waals surface area contributed by atoms with Crippen molar-refractivity contribution in [2.75, 3.05) is 11.9 Å². The van der Waals surface area contributed by atoms with Crippen LogP contribution in [0, 0.1) is 5.82 Å². The number of carbonyl (C=O) groups excluding carboxylic acids is 1. The van der Waals surface area contributed by atoms with Crippen molar-refractivity contribution in [1.82, 2.24) is 15.0 Å². The standard InChI is InChI=1S/C27H21FN4O3/c1-2-34-22-10-8-21(9-11-22)32-30-24-14-7-20(17-25(24)31-32)29-27(33)16-13-23-12-15-26(35-23)18-3-5-19(28)6-4-18/h3-17H,2H2,1H3,(H,29,33)/b16-13+. The third kappa shape index (κ3) is 5.11. The minimum atomic E-state index is -0.317. The van der Waals surface area contributed by atoms with Gasteiger partial charge in [-0.15, -0.1) is 10.2 Å². The van der Waals surface area contributed by atoms with Crippen LogP contribution in [0.4, 0.5) is 10.1 Å². The largest absolute Gasteiger partial charge is 0.494 e. The van der Waals surface area contributed by atoms with Gasteiger partial charge in [0.05, 0.1) is 12.3 Å². The fraction of sp³-hybridized carbons (Fsp3) is 0.0741. The summed E-state index contributed by atoms with van der Waals surface area (Å²) in [5.74, 6) is 1.25. The number of rotatable bonds is 7. The molecule has 8 heteroatoms. The van der Waals surface area contributed by atoms with Gasteiger partial charge in [-0.3, -0.25) is 4.79 Å². The maximum atomic E-state index is 13.1. The molecule has 7 nitrogen and oxygen atoms in total. The summed E-state index contributed by atoms with van der Waals surface area (Å²) in [6, 6.07) is 22.4. The summed E-state index contributed by atoms with van der Waals surface area (Å²) in [4.78, 5) is 14.0. The Morgan fingerprint density at radius 2 is 1.77 bits per heavy atom. The molecule has 35 heavy (non-hydrogen) atoms. The Hall–Kier alpha value is -4.72. The highest BCUT2D eigenvalue weighted by Crippen LogP contribution is 2.23. The van der Waals surface area contributed by atoms with Gasteiger partial charge in [0.25, 0.3) is 0 Å². The zero-order chi connectivity index (χ0) is 24.2. The number of hydrogen-bond acceptors (Lipinski definition) is 5. The van der Waals surface area contributed by atoms with Gasteiger partial charge in [0.2, 0.25) is 5.91 Å². The molecule has 0 atom stereocenters. The first-order valence-corrected chi connectivity index (χ1v) is 11.0. The van der Waals surface area contributed by atoms with Crippen molar-refractivity contribution in [2.24, 2.45) is 0 Å². The van der Waals surface area contributed by atoms with Gasteiger partial charge in [0.15, 0.2) is 0 Å². The van der Waals surface area contributed by atoms with E-state index in [9.17, 15) is 9.18 Å². The lowest BCUT2D eigenvalue weighted by atomic mass is 10.2. The second-order valence-electron chi connectivity index (χ2n) is 7.65. The number of anilines is 1. The monoisotopic (exact) mass is 468 g/mol. The number of hydrogen-bond donors (Lipinski definition) is 1. The first-order valence-electron chi connectivity index (χ1n) is 11.0. The van der Waals surface area contributed by atoms with Crippen LogP contribution >= 0.6 is 0 Å². The number of benzene rings is 3. The molecule has 1 N–H and O–H groups in total. The lowest BCUT2D eigenvalue weighted by molar-refractivity contribution is -0.111. The van der Waals surface area contributed by atoms with Gasteiger partial charge in [0, 0.05) is 17.3 Å². The van der Waals surface area contributed by atoms with E-state index in [1.165, 1.54) is 18.2 Å². The zero-order valence-corrected chi connectivity index (χ0v) is 18.8. The lowest BCUT2D eigenvalue weighted by Gasteiger charge is -2.03. The third-order valence-corrected chi connectivity index (χ3v) is 5.18. The highest BCUT2D eigenvalue weighted by atomic mass is 19.1. The minimum absolute atomic E-state index is 0.311. The number of nitrogens with zero attached hydrogens (tertiary/aromatic N) is 3. The van der Waals surface area contributed by atoms with Gasteiger partial charge in [-0.25, -0.2) is 4.39 Å². The van der Waals surface area contributed by atoms with E-state index >= 15 is 0 Å². The molecule has 5 rings (SSSR count). The SMILES string of the molecule is CCOc1ccc(-n2nc3ccc(NC(=O)/C=C/c4ccc(-c5ccc(F)cc5)o4)cc3n2)cc1.